The van der Waals surface area contributed by atoms with E-state index >= 15 is 0 Å². The summed E-state index contributed by atoms with van der Waals surface area (Å²) in [5, 5.41) is 3.69. The number of hydrogen-bond acceptors (Lipinski definition) is 4. The van der Waals surface area contributed by atoms with Gasteiger partial charge in [-0.1, -0.05) is 37.3 Å². The highest BCUT2D eigenvalue weighted by atomic mass is 16.5. The van der Waals surface area contributed by atoms with Gasteiger partial charge in [0, 0.05) is 28.3 Å². The minimum Gasteiger partial charge on any atom is -0.496 e. The molecule has 0 saturated heterocycles. The van der Waals surface area contributed by atoms with Crippen molar-refractivity contribution in [3.63, 3.8) is 0 Å². The molecule has 0 fully saturated rings. The van der Waals surface area contributed by atoms with E-state index in [-0.39, 0.29) is 5.91 Å². The Kier molecular flexibility index (Phi) is 5.35. The maximum Gasteiger partial charge on any atom is 0.344 e. The Morgan fingerprint density at radius 3 is 2.47 bits per heavy atom. The Morgan fingerprint density at radius 2 is 1.73 bits per heavy atom. The molecule has 1 aromatic heterocycles. The summed E-state index contributed by atoms with van der Waals surface area (Å²) in [6, 6.07) is 21.8. The molecule has 4 aromatic rings. The fourth-order valence-corrected chi connectivity index (χ4v) is 3.34. The summed E-state index contributed by atoms with van der Waals surface area (Å²) in [6.45, 7) is 2.07. The van der Waals surface area contributed by atoms with Crippen molar-refractivity contribution in [2.75, 3.05) is 12.4 Å². The first-order valence-electron chi connectivity index (χ1n) is 9.70. The molecule has 1 N–H and O–H groups in total. The molecular formula is C25H21NO4. The van der Waals surface area contributed by atoms with Crippen molar-refractivity contribution in [3.8, 4) is 16.9 Å². The van der Waals surface area contributed by atoms with E-state index in [2.05, 4.69) is 12.2 Å². The van der Waals surface area contributed by atoms with E-state index in [1.54, 1.807) is 42.5 Å². The van der Waals surface area contributed by atoms with E-state index in [9.17, 15) is 9.59 Å². The summed E-state index contributed by atoms with van der Waals surface area (Å²) in [7, 11) is 1.52. The molecule has 0 atom stereocenters. The summed E-state index contributed by atoms with van der Waals surface area (Å²) >= 11 is 0. The number of fused-ring (bicyclic) bond motifs is 1. The van der Waals surface area contributed by atoms with Gasteiger partial charge in [0.25, 0.3) is 5.91 Å². The van der Waals surface area contributed by atoms with Crippen molar-refractivity contribution in [1.29, 1.82) is 0 Å². The van der Waals surface area contributed by atoms with Crippen molar-refractivity contribution in [3.05, 3.63) is 94.3 Å². The van der Waals surface area contributed by atoms with Crippen LogP contribution in [-0.4, -0.2) is 13.0 Å². The standard InChI is InChI=1S/C25H21NO4/c1-3-16-8-10-17(11-9-16)24(27)26-19-12-13-20(23(15-19)29-2)21-14-18-6-4-5-7-22(18)30-25(21)28/h4-15H,3H2,1-2H3,(H,26,27). The number of aryl methyl sites for hydroxylation is 1. The van der Waals surface area contributed by atoms with Crippen LogP contribution in [0.5, 0.6) is 5.75 Å². The van der Waals surface area contributed by atoms with E-state index in [4.69, 9.17) is 9.15 Å². The first kappa shape index (κ1) is 19.5. The highest BCUT2D eigenvalue weighted by Gasteiger charge is 2.14. The molecule has 3 aromatic carbocycles. The number of nitrogens with one attached hydrogen (secondary N) is 1. The minimum absolute atomic E-state index is 0.210. The van der Waals surface area contributed by atoms with Gasteiger partial charge in [-0.2, -0.15) is 0 Å². The fraction of sp³-hybridized carbons (Fsp3) is 0.120. The third kappa shape index (κ3) is 3.82. The van der Waals surface area contributed by atoms with Gasteiger partial charge in [-0.3, -0.25) is 4.79 Å². The second kappa shape index (κ2) is 8.25. The van der Waals surface area contributed by atoms with Gasteiger partial charge in [0.15, 0.2) is 0 Å². The predicted molar refractivity (Wildman–Crippen MR) is 118 cm³/mol. The van der Waals surface area contributed by atoms with Crippen LogP contribution in [0.3, 0.4) is 0 Å². The number of hydrogen-bond donors (Lipinski definition) is 1. The molecule has 5 nitrogen and oxygen atoms in total. The molecule has 0 aliphatic carbocycles. The van der Waals surface area contributed by atoms with Crippen LogP contribution < -0.4 is 15.7 Å². The third-order valence-corrected chi connectivity index (χ3v) is 5.02. The summed E-state index contributed by atoms with van der Waals surface area (Å²) in [4.78, 5) is 25.1. The molecule has 0 aliphatic heterocycles. The number of methoxy groups -OCH3 is 1. The molecule has 30 heavy (non-hydrogen) atoms. The maximum absolute atomic E-state index is 12.6. The summed E-state index contributed by atoms with van der Waals surface area (Å²) in [5.74, 6) is 0.259. The van der Waals surface area contributed by atoms with Crippen molar-refractivity contribution in [1.82, 2.24) is 0 Å². The predicted octanol–water partition coefficient (Wildman–Crippen LogP) is 5.28. The van der Waals surface area contributed by atoms with Gasteiger partial charge in [0.05, 0.1) is 12.7 Å². The van der Waals surface area contributed by atoms with Crippen molar-refractivity contribution in [2.24, 2.45) is 0 Å². The average Bonchev–Trinajstić information content (AvgIpc) is 2.78. The molecular weight excluding hydrogens is 378 g/mol. The topological polar surface area (TPSA) is 68.5 Å². The third-order valence-electron chi connectivity index (χ3n) is 5.02. The smallest absolute Gasteiger partial charge is 0.344 e. The van der Waals surface area contributed by atoms with Crippen molar-refractivity contribution >= 4 is 22.6 Å². The lowest BCUT2D eigenvalue weighted by atomic mass is 10.0. The summed E-state index contributed by atoms with van der Waals surface area (Å²) in [5.41, 5.74) is 3.41. The van der Waals surface area contributed by atoms with Gasteiger partial charge >= 0.3 is 5.63 Å². The normalized spacial score (nSPS) is 10.7. The fourth-order valence-electron chi connectivity index (χ4n) is 3.34. The Morgan fingerprint density at radius 1 is 0.967 bits per heavy atom. The second-order valence-corrected chi connectivity index (χ2v) is 6.91. The molecule has 5 heteroatoms. The number of rotatable bonds is 5. The van der Waals surface area contributed by atoms with Gasteiger partial charge < -0.3 is 14.5 Å². The lowest BCUT2D eigenvalue weighted by Crippen LogP contribution is -2.12. The molecule has 0 bridgehead atoms. The largest absolute Gasteiger partial charge is 0.496 e. The Bertz CT molecular complexity index is 1270. The van der Waals surface area contributed by atoms with Gasteiger partial charge in [-0.25, -0.2) is 4.79 Å². The molecule has 150 valence electrons. The van der Waals surface area contributed by atoms with Crippen molar-refractivity contribution in [2.45, 2.75) is 13.3 Å². The molecule has 1 amide bonds. The molecule has 0 spiro atoms. The number of ether oxygens (including phenoxy) is 1. The lowest BCUT2D eigenvalue weighted by Gasteiger charge is -2.12. The molecule has 4 rings (SSSR count). The first-order chi connectivity index (χ1) is 14.6. The average molecular weight is 399 g/mol. The van der Waals surface area contributed by atoms with Crippen LogP contribution in [-0.2, 0) is 6.42 Å². The van der Waals surface area contributed by atoms with Gasteiger partial charge in [0.1, 0.15) is 11.3 Å². The maximum atomic E-state index is 12.6. The van der Waals surface area contributed by atoms with E-state index in [0.717, 1.165) is 11.8 Å². The Hall–Kier alpha value is -3.86. The van der Waals surface area contributed by atoms with Gasteiger partial charge in [0.2, 0.25) is 0 Å². The molecule has 0 unspecified atom stereocenters. The van der Waals surface area contributed by atoms with Crippen LogP contribution in [0.25, 0.3) is 22.1 Å². The Balaban J connectivity index is 1.65. The van der Waals surface area contributed by atoms with Crippen LogP contribution >= 0.6 is 0 Å². The van der Waals surface area contributed by atoms with Crippen LogP contribution in [0.1, 0.15) is 22.8 Å². The number of carbonyl (C=O) groups is 1. The minimum atomic E-state index is -0.445. The summed E-state index contributed by atoms with van der Waals surface area (Å²) < 4.78 is 10.9. The van der Waals surface area contributed by atoms with Crippen LogP contribution in [0.15, 0.2) is 82.0 Å². The van der Waals surface area contributed by atoms with Crippen molar-refractivity contribution < 1.29 is 13.9 Å². The van der Waals surface area contributed by atoms with Gasteiger partial charge in [-0.15, -0.1) is 0 Å². The SMILES string of the molecule is CCc1ccc(C(=O)Nc2ccc(-c3cc4ccccc4oc3=O)c(OC)c2)cc1. The number of para-hydroxylation sites is 1. The lowest BCUT2D eigenvalue weighted by molar-refractivity contribution is 0.102. The number of benzene rings is 3. The first-order valence-corrected chi connectivity index (χ1v) is 9.70. The van der Waals surface area contributed by atoms with Crippen LogP contribution in [0.2, 0.25) is 0 Å². The molecule has 0 aliphatic rings. The monoisotopic (exact) mass is 399 g/mol. The van der Waals surface area contributed by atoms with Gasteiger partial charge in [-0.05, 0) is 48.4 Å². The van der Waals surface area contributed by atoms with E-state index < -0.39 is 5.63 Å². The second-order valence-electron chi connectivity index (χ2n) is 6.91. The number of anilines is 1. The quantitative estimate of drug-likeness (QED) is 0.464. The Labute approximate surface area is 173 Å². The number of carbonyl (C=O) groups excluding carboxylic acids is 1. The van der Waals surface area contributed by atoms with E-state index in [1.165, 1.54) is 12.7 Å². The number of amides is 1. The van der Waals surface area contributed by atoms with E-state index in [0.29, 0.717) is 33.7 Å². The molecule has 0 saturated carbocycles. The van der Waals surface area contributed by atoms with Crippen LogP contribution in [0.4, 0.5) is 5.69 Å². The van der Waals surface area contributed by atoms with E-state index in [1.807, 2.05) is 30.3 Å². The zero-order valence-corrected chi connectivity index (χ0v) is 16.8. The zero-order valence-electron chi connectivity index (χ0n) is 16.8. The highest BCUT2D eigenvalue weighted by Crippen LogP contribution is 2.32. The highest BCUT2D eigenvalue weighted by molar-refractivity contribution is 6.04. The van der Waals surface area contributed by atoms with Crippen LogP contribution in [0, 0.1) is 0 Å². The zero-order chi connectivity index (χ0) is 21.1. The molecule has 1 heterocycles. The summed E-state index contributed by atoms with van der Waals surface area (Å²) in [6.07, 6.45) is 0.920. The molecule has 0 radical (unpaired) electrons.